The maximum absolute atomic E-state index is 10.5. The molecule has 0 aromatic heterocycles. The van der Waals surface area contributed by atoms with Crippen LogP contribution >= 0.6 is 7.82 Å². The molecule has 0 radical (unpaired) electrons. The third-order valence-corrected chi connectivity index (χ3v) is 5.26. The van der Waals surface area contributed by atoms with Gasteiger partial charge < -0.3 is 14.7 Å². The Kier molecular flexibility index (Phi) is 8.27. The number of hydrogen-bond donors (Lipinski definition) is 1. The van der Waals surface area contributed by atoms with Crippen LogP contribution in [0, 0.1) is 0 Å². The highest BCUT2D eigenvalue weighted by Gasteiger charge is 2.25. The summed E-state index contributed by atoms with van der Waals surface area (Å²) in [5.41, 5.74) is 5.14. The number of phosphoric acid groups is 1. The van der Waals surface area contributed by atoms with Crippen LogP contribution in [-0.2, 0) is 13.6 Å². The Bertz CT molecular complexity index is 748. The number of benzene rings is 2. The van der Waals surface area contributed by atoms with Gasteiger partial charge in [0, 0.05) is 14.1 Å². The maximum atomic E-state index is 10.5. The van der Waals surface area contributed by atoms with Gasteiger partial charge in [0.1, 0.15) is 0 Å². The lowest BCUT2D eigenvalue weighted by molar-refractivity contribution is 0.161. The number of hydrogen-bond acceptors (Lipinski definition) is 5. The molecule has 6 nitrogen and oxygen atoms in total. The second-order valence-corrected chi connectivity index (χ2v) is 7.72. The molecule has 0 fully saturated rings. The van der Waals surface area contributed by atoms with Gasteiger partial charge in [0.05, 0.1) is 31.3 Å². The Morgan fingerprint density at radius 2 is 1.18 bits per heavy atom. The molecule has 1 aliphatic rings. The smallest absolute Gasteiger partial charge is 0.355 e. The van der Waals surface area contributed by atoms with Gasteiger partial charge >= 0.3 is 7.82 Å². The minimum absolute atomic E-state index is 0.188. The van der Waals surface area contributed by atoms with E-state index in [4.69, 9.17) is 4.89 Å². The summed E-state index contributed by atoms with van der Waals surface area (Å²) in [6.45, 7) is 4.56. The van der Waals surface area contributed by atoms with Crippen molar-refractivity contribution in [2.24, 2.45) is 0 Å². The third kappa shape index (κ3) is 5.94. The van der Waals surface area contributed by atoms with Crippen LogP contribution in [0.25, 0.3) is 11.4 Å². The van der Waals surface area contributed by atoms with E-state index in [1.54, 1.807) is 13.8 Å². The largest absolute Gasteiger partial charge is 0.472 e. The maximum Gasteiger partial charge on any atom is 0.472 e. The van der Waals surface area contributed by atoms with Gasteiger partial charge in [-0.3, -0.25) is 9.05 Å². The van der Waals surface area contributed by atoms with E-state index in [1.807, 2.05) is 0 Å². The minimum Gasteiger partial charge on any atom is -0.355 e. The number of phosphoric ester groups is 1. The van der Waals surface area contributed by atoms with Crippen molar-refractivity contribution in [1.29, 1.82) is 0 Å². The highest BCUT2D eigenvalue weighted by Crippen LogP contribution is 2.42. The van der Waals surface area contributed by atoms with Gasteiger partial charge in [0.2, 0.25) is 0 Å². The lowest BCUT2D eigenvalue weighted by Crippen LogP contribution is -2.20. The quantitative estimate of drug-likeness (QED) is 0.715. The van der Waals surface area contributed by atoms with Crippen molar-refractivity contribution < 1.29 is 18.5 Å². The molecule has 0 unspecified atom stereocenters. The van der Waals surface area contributed by atoms with E-state index < -0.39 is 7.82 Å². The fourth-order valence-electron chi connectivity index (χ4n) is 3.09. The van der Waals surface area contributed by atoms with E-state index in [1.165, 1.54) is 22.5 Å². The summed E-state index contributed by atoms with van der Waals surface area (Å²) in [7, 11) is 0.603. The predicted octanol–water partition coefficient (Wildman–Crippen LogP) is 4.51. The third-order valence-electron chi connectivity index (χ3n) is 4.09. The van der Waals surface area contributed by atoms with Crippen LogP contribution in [0.3, 0.4) is 0 Å². The molecule has 1 heterocycles. The molecule has 3 rings (SSSR count). The molecule has 7 heteroatoms. The lowest BCUT2D eigenvalue weighted by Gasteiger charge is -2.16. The topological polar surface area (TPSA) is 62.2 Å². The number of rotatable bonds is 6. The van der Waals surface area contributed by atoms with E-state index in [0.29, 0.717) is 0 Å². The van der Waals surface area contributed by atoms with Crippen LogP contribution in [-0.4, -0.2) is 48.7 Å². The Labute approximate surface area is 167 Å². The summed E-state index contributed by atoms with van der Waals surface area (Å²) in [4.78, 5) is 13.2. The Morgan fingerprint density at radius 1 is 0.821 bits per heavy atom. The zero-order valence-corrected chi connectivity index (χ0v) is 17.8. The van der Waals surface area contributed by atoms with Crippen molar-refractivity contribution >= 4 is 19.2 Å². The van der Waals surface area contributed by atoms with E-state index in [-0.39, 0.29) is 13.2 Å². The van der Waals surface area contributed by atoms with Gasteiger partial charge in [-0.05, 0) is 25.0 Å². The molecule has 1 aliphatic heterocycles. The standard InChI is InChI=1S/C17H18N2.C4H11O4P/c1-18-13-19(2)17(15-11-7-4-8-12-15)16(18)14-9-5-3-6-10-14;1-3-7-9(5,6)8-4-2/h3-12H,13H2,1-2H3;3-4H2,1-2H3,(H,5,6). The van der Waals surface area contributed by atoms with Crippen LogP contribution in [0.2, 0.25) is 0 Å². The monoisotopic (exact) mass is 404 g/mol. The lowest BCUT2D eigenvalue weighted by atomic mass is 10.1. The van der Waals surface area contributed by atoms with Crippen molar-refractivity contribution in [2.45, 2.75) is 13.8 Å². The first-order chi connectivity index (χ1) is 13.4. The van der Waals surface area contributed by atoms with Crippen molar-refractivity contribution in [1.82, 2.24) is 9.80 Å². The first-order valence-electron chi connectivity index (χ1n) is 9.28. The first kappa shape index (κ1) is 22.2. The Morgan fingerprint density at radius 3 is 1.50 bits per heavy atom. The van der Waals surface area contributed by atoms with Crippen LogP contribution in [0.5, 0.6) is 0 Å². The van der Waals surface area contributed by atoms with Gasteiger partial charge in [-0.15, -0.1) is 0 Å². The van der Waals surface area contributed by atoms with E-state index >= 15 is 0 Å². The average molecular weight is 404 g/mol. The second kappa shape index (κ2) is 10.4. The highest BCUT2D eigenvalue weighted by molar-refractivity contribution is 7.47. The van der Waals surface area contributed by atoms with Gasteiger partial charge in [0.15, 0.2) is 0 Å². The van der Waals surface area contributed by atoms with Gasteiger partial charge in [-0.1, -0.05) is 60.7 Å². The van der Waals surface area contributed by atoms with E-state index in [9.17, 15) is 4.57 Å². The second-order valence-electron chi connectivity index (χ2n) is 6.27. The molecule has 0 saturated heterocycles. The molecule has 0 aliphatic carbocycles. The highest BCUT2D eigenvalue weighted by atomic mass is 31.2. The summed E-state index contributed by atoms with van der Waals surface area (Å²) in [6.07, 6.45) is 0. The normalized spacial score (nSPS) is 14.2. The minimum atomic E-state index is -3.69. The summed E-state index contributed by atoms with van der Waals surface area (Å²) >= 11 is 0. The molecular formula is C21H29N2O4P. The van der Waals surface area contributed by atoms with Crippen molar-refractivity contribution in [3.63, 3.8) is 0 Å². The Balaban J connectivity index is 0.000000266. The van der Waals surface area contributed by atoms with Crippen molar-refractivity contribution in [2.75, 3.05) is 34.0 Å². The van der Waals surface area contributed by atoms with Crippen molar-refractivity contribution in [3.05, 3.63) is 71.8 Å². The molecule has 1 N–H and O–H groups in total. The zero-order valence-electron chi connectivity index (χ0n) is 16.9. The molecule has 0 spiro atoms. The SMILES string of the molecule is CCOP(=O)(O)OCC.CN1CN(C)C(c2ccccc2)=C1c1ccccc1. The summed E-state index contributed by atoms with van der Waals surface area (Å²) in [6, 6.07) is 21.2. The predicted molar refractivity (Wildman–Crippen MR) is 113 cm³/mol. The molecule has 0 saturated carbocycles. The fourth-order valence-corrected chi connectivity index (χ4v) is 3.82. The van der Waals surface area contributed by atoms with Crippen LogP contribution in [0.4, 0.5) is 0 Å². The van der Waals surface area contributed by atoms with Crippen molar-refractivity contribution in [3.8, 4) is 0 Å². The molecule has 0 bridgehead atoms. The molecule has 28 heavy (non-hydrogen) atoms. The summed E-state index contributed by atoms with van der Waals surface area (Å²) < 4.78 is 19.2. The molecule has 2 aromatic rings. The molecular weight excluding hydrogens is 375 g/mol. The van der Waals surface area contributed by atoms with E-state index in [2.05, 4.69) is 93.6 Å². The molecule has 0 amide bonds. The summed E-state index contributed by atoms with van der Waals surface area (Å²) in [5.74, 6) is 0. The van der Waals surface area contributed by atoms with Crippen LogP contribution in [0.15, 0.2) is 60.7 Å². The van der Waals surface area contributed by atoms with Gasteiger partial charge in [0.25, 0.3) is 0 Å². The van der Waals surface area contributed by atoms with E-state index in [0.717, 1.165) is 6.67 Å². The average Bonchev–Trinajstić information content (AvgIpc) is 2.97. The van der Waals surface area contributed by atoms with Crippen LogP contribution < -0.4 is 0 Å². The molecule has 0 atom stereocenters. The number of nitrogens with zero attached hydrogens (tertiary/aromatic N) is 2. The van der Waals surface area contributed by atoms with Gasteiger partial charge in [-0.25, -0.2) is 4.57 Å². The Hall–Kier alpha value is -2.11. The molecule has 2 aromatic carbocycles. The van der Waals surface area contributed by atoms with Gasteiger partial charge in [-0.2, -0.15) is 0 Å². The van der Waals surface area contributed by atoms with Crippen LogP contribution in [0.1, 0.15) is 25.0 Å². The summed E-state index contributed by atoms with van der Waals surface area (Å²) in [5, 5.41) is 0. The molecule has 152 valence electrons. The first-order valence-corrected chi connectivity index (χ1v) is 10.8. The fraction of sp³-hybridized carbons (Fsp3) is 0.333. The zero-order chi connectivity index (χ0) is 20.6.